The summed E-state index contributed by atoms with van der Waals surface area (Å²) in [5.41, 5.74) is 5.40. The second-order valence-corrected chi connectivity index (χ2v) is 14.1. The molecular formula is C40H39N3O6S. The molecule has 1 fully saturated rings. The van der Waals surface area contributed by atoms with Crippen LogP contribution in [0.15, 0.2) is 126 Å². The first-order chi connectivity index (χ1) is 24.2. The third kappa shape index (κ3) is 8.22. The molecule has 0 atom stereocenters. The number of nitrogens with one attached hydrogen (secondary N) is 1. The van der Waals surface area contributed by atoms with E-state index in [1.54, 1.807) is 12.1 Å². The summed E-state index contributed by atoms with van der Waals surface area (Å²) in [5.74, 6) is -2.39. The predicted octanol–water partition coefficient (Wildman–Crippen LogP) is 6.85. The molecule has 0 saturated carbocycles. The highest BCUT2D eigenvalue weighted by atomic mass is 32.2. The van der Waals surface area contributed by atoms with Crippen molar-refractivity contribution in [2.45, 2.75) is 37.1 Å². The molecular weight excluding hydrogens is 651 g/mol. The second-order valence-electron chi connectivity index (χ2n) is 12.4. The first kappa shape index (κ1) is 34.4. The molecule has 1 amide bonds. The van der Waals surface area contributed by atoms with Gasteiger partial charge in [-0.3, -0.25) is 4.79 Å². The maximum atomic E-state index is 13.8. The van der Waals surface area contributed by atoms with Crippen LogP contribution in [0.5, 0.6) is 5.75 Å². The number of hydrogen-bond acceptors (Lipinski definition) is 6. The number of hydrogen-bond donors (Lipinski definition) is 3. The van der Waals surface area contributed by atoms with Crippen molar-refractivity contribution in [3.63, 3.8) is 0 Å². The summed E-state index contributed by atoms with van der Waals surface area (Å²) in [5, 5.41) is 19.8. The van der Waals surface area contributed by atoms with Crippen LogP contribution in [0.4, 0.5) is 11.4 Å². The van der Waals surface area contributed by atoms with Crippen LogP contribution in [0.2, 0.25) is 0 Å². The molecule has 0 aliphatic carbocycles. The lowest BCUT2D eigenvalue weighted by molar-refractivity contribution is -0.117. The Morgan fingerprint density at radius 3 is 2.12 bits per heavy atom. The minimum absolute atomic E-state index is 0.0218. The molecule has 0 spiro atoms. The molecule has 1 heterocycles. The zero-order valence-corrected chi connectivity index (χ0v) is 28.4. The fraction of sp³-hybridized carbons (Fsp3) is 0.200. The topological polar surface area (TPSA) is 127 Å². The third-order valence-corrected chi connectivity index (χ3v) is 10.3. The SMILES string of the molecule is O=C(O)c1cc(N(Cc2ccc(N3CCCCC3)cc2)C(=O)CNS(=O)(=O)c2ccc(-c3ccccc3)c(Cc3ccccc3)c2)ccc1O. The van der Waals surface area contributed by atoms with Crippen molar-refractivity contribution in [3.8, 4) is 16.9 Å². The van der Waals surface area contributed by atoms with Crippen LogP contribution in [-0.4, -0.2) is 50.1 Å². The summed E-state index contributed by atoms with van der Waals surface area (Å²) in [6.45, 7) is 1.44. The van der Waals surface area contributed by atoms with Crippen molar-refractivity contribution >= 4 is 33.3 Å². The Morgan fingerprint density at radius 2 is 1.44 bits per heavy atom. The van der Waals surface area contributed by atoms with Crippen LogP contribution >= 0.6 is 0 Å². The fourth-order valence-corrected chi connectivity index (χ4v) is 7.29. The van der Waals surface area contributed by atoms with Gasteiger partial charge in [0.25, 0.3) is 0 Å². The quantitative estimate of drug-likeness (QED) is 0.131. The molecule has 1 aliphatic heterocycles. The number of carbonyl (C=O) groups excluding carboxylic acids is 1. The Hall–Kier alpha value is -5.45. The average molecular weight is 690 g/mol. The van der Waals surface area contributed by atoms with E-state index in [-0.39, 0.29) is 22.7 Å². The zero-order valence-electron chi connectivity index (χ0n) is 27.5. The molecule has 3 N–H and O–H groups in total. The van der Waals surface area contributed by atoms with E-state index < -0.39 is 34.2 Å². The molecule has 9 nitrogen and oxygen atoms in total. The normalized spacial score (nSPS) is 13.2. The molecule has 0 radical (unpaired) electrons. The number of nitrogens with zero attached hydrogens (tertiary/aromatic N) is 2. The Labute approximate surface area is 292 Å². The number of carboxylic acids is 1. The van der Waals surface area contributed by atoms with Gasteiger partial charge in [0.05, 0.1) is 18.0 Å². The predicted molar refractivity (Wildman–Crippen MR) is 195 cm³/mol. The van der Waals surface area contributed by atoms with E-state index in [0.717, 1.165) is 59.4 Å². The third-order valence-electron chi connectivity index (χ3n) is 8.94. The summed E-state index contributed by atoms with van der Waals surface area (Å²) < 4.78 is 29.8. The zero-order chi connectivity index (χ0) is 35.1. The van der Waals surface area contributed by atoms with E-state index in [2.05, 4.69) is 9.62 Å². The summed E-state index contributed by atoms with van der Waals surface area (Å²) in [6.07, 6.45) is 4.00. The number of phenols is 1. The van der Waals surface area contributed by atoms with Gasteiger partial charge >= 0.3 is 5.97 Å². The first-order valence-electron chi connectivity index (χ1n) is 16.6. The number of aromatic carboxylic acids is 1. The molecule has 1 saturated heterocycles. The average Bonchev–Trinajstić information content (AvgIpc) is 3.14. The smallest absolute Gasteiger partial charge is 0.339 e. The van der Waals surface area contributed by atoms with E-state index in [4.69, 9.17) is 0 Å². The molecule has 0 unspecified atom stereocenters. The Balaban J connectivity index is 1.25. The Bertz CT molecular complexity index is 2060. The minimum Gasteiger partial charge on any atom is -0.507 e. The first-order valence-corrected chi connectivity index (χ1v) is 18.1. The number of sulfonamides is 1. The molecule has 0 bridgehead atoms. The van der Waals surface area contributed by atoms with E-state index >= 15 is 0 Å². The molecule has 5 aromatic rings. The van der Waals surface area contributed by atoms with Gasteiger partial charge in [-0.2, -0.15) is 0 Å². The van der Waals surface area contributed by atoms with Gasteiger partial charge in [0.15, 0.2) is 0 Å². The molecule has 5 aromatic carbocycles. The van der Waals surface area contributed by atoms with Crippen LogP contribution in [-0.2, 0) is 27.8 Å². The summed E-state index contributed by atoms with van der Waals surface area (Å²) in [4.78, 5) is 29.3. The summed E-state index contributed by atoms with van der Waals surface area (Å²) in [6, 6.07) is 36.2. The number of carboxylic acid groups (broad SMARTS) is 1. The number of rotatable bonds is 12. The van der Waals surface area contributed by atoms with Crippen LogP contribution in [0.25, 0.3) is 11.1 Å². The number of aromatic hydroxyl groups is 1. The van der Waals surface area contributed by atoms with Gasteiger partial charge < -0.3 is 20.0 Å². The monoisotopic (exact) mass is 689 g/mol. The molecule has 1 aliphatic rings. The highest BCUT2D eigenvalue weighted by molar-refractivity contribution is 7.89. The second kappa shape index (κ2) is 15.4. The van der Waals surface area contributed by atoms with E-state index in [9.17, 15) is 28.2 Å². The number of benzene rings is 5. The summed E-state index contributed by atoms with van der Waals surface area (Å²) >= 11 is 0. The maximum Gasteiger partial charge on any atom is 0.339 e. The molecule has 10 heteroatoms. The van der Waals surface area contributed by atoms with Crippen LogP contribution in [0.1, 0.15) is 46.3 Å². The van der Waals surface area contributed by atoms with Gasteiger partial charge in [-0.15, -0.1) is 0 Å². The van der Waals surface area contributed by atoms with Gasteiger partial charge in [-0.05, 0) is 96.0 Å². The molecule has 6 rings (SSSR count). The van der Waals surface area contributed by atoms with Gasteiger partial charge in [0, 0.05) is 24.5 Å². The lowest BCUT2D eigenvalue weighted by Crippen LogP contribution is -2.40. The maximum absolute atomic E-state index is 13.8. The number of anilines is 2. The van der Waals surface area contributed by atoms with Gasteiger partial charge in [0.2, 0.25) is 15.9 Å². The van der Waals surface area contributed by atoms with Crippen LogP contribution < -0.4 is 14.5 Å². The van der Waals surface area contributed by atoms with Gasteiger partial charge in [-0.1, -0.05) is 78.9 Å². The van der Waals surface area contributed by atoms with Crippen LogP contribution in [0, 0.1) is 0 Å². The van der Waals surface area contributed by atoms with Crippen LogP contribution in [0.3, 0.4) is 0 Å². The van der Waals surface area contributed by atoms with Crippen molar-refractivity contribution in [2.75, 3.05) is 29.4 Å². The lowest BCUT2D eigenvalue weighted by atomic mass is 9.95. The lowest BCUT2D eigenvalue weighted by Gasteiger charge is -2.29. The van der Waals surface area contributed by atoms with E-state index in [0.29, 0.717) is 6.42 Å². The highest BCUT2D eigenvalue weighted by Gasteiger charge is 2.24. The Kier molecular flexibility index (Phi) is 10.6. The number of amides is 1. The van der Waals surface area contributed by atoms with Crippen molar-refractivity contribution in [2.24, 2.45) is 0 Å². The minimum atomic E-state index is -4.14. The molecule has 256 valence electrons. The number of carbonyl (C=O) groups is 2. The van der Waals surface area contributed by atoms with E-state index in [1.165, 1.54) is 35.6 Å². The van der Waals surface area contributed by atoms with Crippen molar-refractivity contribution < 1.29 is 28.2 Å². The fourth-order valence-electron chi connectivity index (χ4n) is 6.27. The van der Waals surface area contributed by atoms with Gasteiger partial charge in [-0.25, -0.2) is 17.9 Å². The number of piperidine rings is 1. The standard InChI is InChI=1S/C40H39N3O6S/c44-38-21-18-34(26-37(38)40(46)47)43(28-30-14-16-33(17-15-30)42-22-8-3-9-23-42)39(45)27-41-50(48,49)35-19-20-36(31-12-6-2-7-13-31)32(25-35)24-29-10-4-1-5-11-29/h1-2,4-7,10-21,25-26,41,44H,3,8-9,22-24,27-28H2,(H,46,47). The molecule has 50 heavy (non-hydrogen) atoms. The van der Waals surface area contributed by atoms with E-state index in [1.807, 2.05) is 84.9 Å². The van der Waals surface area contributed by atoms with Crippen molar-refractivity contribution in [1.29, 1.82) is 0 Å². The largest absolute Gasteiger partial charge is 0.507 e. The van der Waals surface area contributed by atoms with Crippen molar-refractivity contribution in [1.82, 2.24) is 4.72 Å². The Morgan fingerprint density at radius 1 is 0.760 bits per heavy atom. The highest BCUT2D eigenvalue weighted by Crippen LogP contribution is 2.30. The summed E-state index contributed by atoms with van der Waals surface area (Å²) in [7, 11) is -4.14. The molecule has 0 aromatic heterocycles. The van der Waals surface area contributed by atoms with Crippen molar-refractivity contribution in [3.05, 3.63) is 144 Å². The van der Waals surface area contributed by atoms with Gasteiger partial charge in [0.1, 0.15) is 11.3 Å².